The lowest BCUT2D eigenvalue weighted by Crippen LogP contribution is -2.50. The van der Waals surface area contributed by atoms with Crippen molar-refractivity contribution < 1.29 is 4.79 Å². The zero-order valence-corrected chi connectivity index (χ0v) is 15.3. The van der Waals surface area contributed by atoms with Gasteiger partial charge in [0.05, 0.1) is 6.54 Å². The zero-order chi connectivity index (χ0) is 18.2. The van der Waals surface area contributed by atoms with Crippen LogP contribution in [0.15, 0.2) is 48.8 Å². The van der Waals surface area contributed by atoms with E-state index in [0.29, 0.717) is 6.54 Å². The van der Waals surface area contributed by atoms with Crippen molar-refractivity contribution in [1.82, 2.24) is 20.2 Å². The van der Waals surface area contributed by atoms with E-state index in [1.807, 2.05) is 12.1 Å². The van der Waals surface area contributed by atoms with Crippen LogP contribution >= 0.6 is 0 Å². The second-order valence-corrected chi connectivity index (χ2v) is 6.80. The van der Waals surface area contributed by atoms with Crippen LogP contribution in [0.3, 0.4) is 0 Å². The van der Waals surface area contributed by atoms with Crippen LogP contribution in [-0.2, 0) is 11.2 Å². The molecule has 1 aliphatic heterocycles. The minimum atomic E-state index is 0.106. The predicted molar refractivity (Wildman–Crippen MR) is 103 cm³/mol. The van der Waals surface area contributed by atoms with E-state index in [2.05, 4.69) is 56.3 Å². The molecule has 0 unspecified atom stereocenters. The van der Waals surface area contributed by atoms with Gasteiger partial charge in [-0.15, -0.1) is 0 Å². The Morgan fingerprint density at radius 1 is 1.08 bits per heavy atom. The number of nitrogens with one attached hydrogen (secondary N) is 1. The van der Waals surface area contributed by atoms with E-state index >= 15 is 0 Å². The molecule has 138 valence electrons. The Labute approximate surface area is 155 Å². The average molecular weight is 353 g/mol. The van der Waals surface area contributed by atoms with E-state index in [1.165, 1.54) is 5.56 Å². The number of aromatic nitrogens is 2. The quantitative estimate of drug-likeness (QED) is 0.821. The van der Waals surface area contributed by atoms with Gasteiger partial charge in [-0.05, 0) is 31.4 Å². The SMILES string of the molecule is C[C@H](CCc1ccccc1)NC(=O)CN1CCN(c2ncccn2)CC1. The zero-order valence-electron chi connectivity index (χ0n) is 15.3. The lowest BCUT2D eigenvalue weighted by Gasteiger charge is -2.34. The van der Waals surface area contributed by atoms with Gasteiger partial charge in [0.15, 0.2) is 0 Å². The molecule has 6 nitrogen and oxygen atoms in total. The number of rotatable bonds is 7. The standard InChI is InChI=1S/C20H27N5O/c1-17(8-9-18-6-3-2-4-7-18)23-19(26)16-24-12-14-25(15-13-24)20-21-10-5-11-22-20/h2-7,10-11,17H,8-9,12-16H2,1H3,(H,23,26)/t17-/m1/s1. The Hall–Kier alpha value is -2.47. The Balaban J connectivity index is 1.36. The second-order valence-electron chi connectivity index (χ2n) is 6.80. The summed E-state index contributed by atoms with van der Waals surface area (Å²) in [6, 6.07) is 12.4. The van der Waals surface area contributed by atoms with Crippen molar-refractivity contribution in [2.24, 2.45) is 0 Å². The van der Waals surface area contributed by atoms with Gasteiger partial charge in [-0.1, -0.05) is 30.3 Å². The first-order valence-corrected chi connectivity index (χ1v) is 9.28. The fourth-order valence-corrected chi connectivity index (χ4v) is 3.18. The number of aryl methyl sites for hydroxylation is 1. The third-order valence-electron chi connectivity index (χ3n) is 4.69. The third kappa shape index (κ3) is 5.52. The maximum Gasteiger partial charge on any atom is 0.234 e. The van der Waals surface area contributed by atoms with Gasteiger partial charge < -0.3 is 10.2 Å². The van der Waals surface area contributed by atoms with Crippen LogP contribution in [0.2, 0.25) is 0 Å². The summed E-state index contributed by atoms with van der Waals surface area (Å²) in [6.45, 7) is 5.93. The number of nitrogens with zero attached hydrogens (tertiary/aromatic N) is 4. The Bertz CT molecular complexity index is 671. The van der Waals surface area contributed by atoms with Gasteiger partial charge in [0.2, 0.25) is 11.9 Å². The molecule has 0 bridgehead atoms. The van der Waals surface area contributed by atoms with Gasteiger partial charge in [-0.25, -0.2) is 9.97 Å². The maximum absolute atomic E-state index is 12.3. The van der Waals surface area contributed by atoms with Crippen molar-refractivity contribution in [3.8, 4) is 0 Å². The van der Waals surface area contributed by atoms with Crippen LogP contribution in [-0.4, -0.2) is 59.5 Å². The topological polar surface area (TPSA) is 61.4 Å². The molecule has 1 saturated heterocycles. The van der Waals surface area contributed by atoms with Crippen LogP contribution in [0.5, 0.6) is 0 Å². The van der Waals surface area contributed by atoms with Crippen molar-refractivity contribution >= 4 is 11.9 Å². The van der Waals surface area contributed by atoms with Gasteiger partial charge in [-0.3, -0.25) is 9.69 Å². The Kier molecular flexibility index (Phi) is 6.55. The van der Waals surface area contributed by atoms with Crippen molar-refractivity contribution in [3.63, 3.8) is 0 Å². The summed E-state index contributed by atoms with van der Waals surface area (Å²) in [4.78, 5) is 25.2. The molecular weight excluding hydrogens is 326 g/mol. The minimum Gasteiger partial charge on any atom is -0.353 e. The number of piperazine rings is 1. The molecule has 1 amide bonds. The molecule has 1 aromatic carbocycles. The number of anilines is 1. The molecule has 2 heterocycles. The van der Waals surface area contributed by atoms with Crippen LogP contribution < -0.4 is 10.2 Å². The summed E-state index contributed by atoms with van der Waals surface area (Å²) in [6.07, 6.45) is 5.46. The van der Waals surface area contributed by atoms with E-state index < -0.39 is 0 Å². The molecule has 26 heavy (non-hydrogen) atoms. The summed E-state index contributed by atoms with van der Waals surface area (Å²) in [7, 11) is 0. The van der Waals surface area contributed by atoms with Crippen molar-refractivity contribution in [3.05, 3.63) is 54.4 Å². The molecule has 0 aliphatic carbocycles. The van der Waals surface area contributed by atoms with Crippen LogP contribution in [0, 0.1) is 0 Å². The van der Waals surface area contributed by atoms with Crippen molar-refractivity contribution in [2.75, 3.05) is 37.6 Å². The second kappa shape index (κ2) is 9.29. The number of hydrogen-bond acceptors (Lipinski definition) is 5. The van der Waals surface area contributed by atoms with Crippen LogP contribution in [0.1, 0.15) is 18.9 Å². The summed E-state index contributed by atoms with van der Waals surface area (Å²) < 4.78 is 0. The molecule has 0 radical (unpaired) electrons. The molecular formula is C20H27N5O. The highest BCUT2D eigenvalue weighted by molar-refractivity contribution is 5.78. The first kappa shape index (κ1) is 18.3. The summed E-state index contributed by atoms with van der Waals surface area (Å²) in [5.41, 5.74) is 1.31. The predicted octanol–water partition coefficient (Wildman–Crippen LogP) is 1.74. The van der Waals surface area contributed by atoms with E-state index in [9.17, 15) is 4.79 Å². The monoisotopic (exact) mass is 353 g/mol. The average Bonchev–Trinajstić information content (AvgIpc) is 2.68. The molecule has 3 rings (SSSR count). The largest absolute Gasteiger partial charge is 0.353 e. The molecule has 1 aliphatic rings. The molecule has 1 aromatic heterocycles. The lowest BCUT2D eigenvalue weighted by molar-refractivity contribution is -0.122. The third-order valence-corrected chi connectivity index (χ3v) is 4.69. The molecule has 2 aromatic rings. The molecule has 0 spiro atoms. The van der Waals surface area contributed by atoms with E-state index in [4.69, 9.17) is 0 Å². The number of carbonyl (C=O) groups excluding carboxylic acids is 1. The lowest BCUT2D eigenvalue weighted by atomic mass is 10.1. The van der Waals surface area contributed by atoms with Crippen LogP contribution in [0.4, 0.5) is 5.95 Å². The molecule has 6 heteroatoms. The van der Waals surface area contributed by atoms with Gasteiger partial charge in [0.1, 0.15) is 0 Å². The van der Waals surface area contributed by atoms with E-state index in [-0.39, 0.29) is 11.9 Å². The number of amides is 1. The highest BCUT2D eigenvalue weighted by Crippen LogP contribution is 2.09. The fraction of sp³-hybridized carbons (Fsp3) is 0.450. The number of benzene rings is 1. The first-order chi connectivity index (χ1) is 12.7. The first-order valence-electron chi connectivity index (χ1n) is 9.28. The smallest absolute Gasteiger partial charge is 0.234 e. The van der Waals surface area contributed by atoms with Gasteiger partial charge >= 0.3 is 0 Å². The molecule has 0 saturated carbocycles. The number of carbonyl (C=O) groups is 1. The van der Waals surface area contributed by atoms with Gasteiger partial charge in [0.25, 0.3) is 0 Å². The van der Waals surface area contributed by atoms with Crippen LogP contribution in [0.25, 0.3) is 0 Å². The summed E-state index contributed by atoms with van der Waals surface area (Å²) in [5, 5.41) is 3.12. The number of hydrogen-bond donors (Lipinski definition) is 1. The molecule has 1 N–H and O–H groups in total. The normalized spacial score (nSPS) is 16.3. The maximum atomic E-state index is 12.3. The highest BCUT2D eigenvalue weighted by atomic mass is 16.2. The van der Waals surface area contributed by atoms with Gasteiger partial charge in [0, 0.05) is 44.6 Å². The molecule has 1 atom stereocenters. The summed E-state index contributed by atoms with van der Waals surface area (Å²) >= 11 is 0. The highest BCUT2D eigenvalue weighted by Gasteiger charge is 2.20. The van der Waals surface area contributed by atoms with E-state index in [1.54, 1.807) is 12.4 Å². The minimum absolute atomic E-state index is 0.106. The fourth-order valence-electron chi connectivity index (χ4n) is 3.18. The van der Waals surface area contributed by atoms with Crippen molar-refractivity contribution in [2.45, 2.75) is 25.8 Å². The summed E-state index contributed by atoms with van der Waals surface area (Å²) in [5.74, 6) is 0.876. The Morgan fingerprint density at radius 2 is 1.77 bits per heavy atom. The Morgan fingerprint density at radius 3 is 2.46 bits per heavy atom. The molecule has 1 fully saturated rings. The van der Waals surface area contributed by atoms with Crippen molar-refractivity contribution in [1.29, 1.82) is 0 Å². The van der Waals surface area contributed by atoms with Gasteiger partial charge in [-0.2, -0.15) is 0 Å². The van der Waals surface area contributed by atoms with E-state index in [0.717, 1.165) is 45.0 Å².